The lowest BCUT2D eigenvalue weighted by Gasteiger charge is -2.29. The number of carboxylic acid groups (broad SMARTS) is 1. The maximum atomic E-state index is 14.5. The lowest BCUT2D eigenvalue weighted by Crippen LogP contribution is -2.13. The first-order valence-electron chi connectivity index (χ1n) is 12.9. The Morgan fingerprint density at radius 2 is 1.70 bits per heavy atom. The molecular weight excluding hydrogens is 411 g/mol. The molecule has 0 amide bonds. The number of hydrogen-bond donors (Lipinski definition) is 1. The van der Waals surface area contributed by atoms with Gasteiger partial charge in [-0.05, 0) is 78.8 Å². The molecule has 2 aromatic rings. The van der Waals surface area contributed by atoms with Crippen LogP contribution in [-0.2, 0) is 0 Å². The van der Waals surface area contributed by atoms with Crippen LogP contribution in [0.4, 0.5) is 4.39 Å². The van der Waals surface area contributed by atoms with Gasteiger partial charge in [-0.1, -0.05) is 82.7 Å². The average Bonchev–Trinajstić information content (AvgIpc) is 2.85. The summed E-state index contributed by atoms with van der Waals surface area (Å²) in [5, 5.41) is 9.66. The molecule has 0 aromatic heterocycles. The van der Waals surface area contributed by atoms with Gasteiger partial charge in [-0.2, -0.15) is 0 Å². The van der Waals surface area contributed by atoms with Gasteiger partial charge in [0, 0.05) is 5.56 Å². The Morgan fingerprint density at radius 1 is 0.970 bits per heavy atom. The maximum absolute atomic E-state index is 14.5. The van der Waals surface area contributed by atoms with Crippen molar-refractivity contribution in [2.24, 2.45) is 5.92 Å². The molecule has 0 aliphatic heterocycles. The molecule has 33 heavy (non-hydrogen) atoms. The Balaban J connectivity index is 1.70. The van der Waals surface area contributed by atoms with Gasteiger partial charge in [-0.15, -0.1) is 0 Å². The van der Waals surface area contributed by atoms with Crippen LogP contribution in [0.3, 0.4) is 0 Å². The van der Waals surface area contributed by atoms with E-state index in [1.165, 1.54) is 69.4 Å². The number of halogens is 1. The van der Waals surface area contributed by atoms with Crippen LogP contribution in [0.25, 0.3) is 17.0 Å². The number of hydrogen-bond acceptors (Lipinski definition) is 1. The van der Waals surface area contributed by atoms with Crippen molar-refractivity contribution in [3.63, 3.8) is 0 Å². The first-order valence-corrected chi connectivity index (χ1v) is 12.9. The quantitative estimate of drug-likeness (QED) is 0.346. The Bertz CT molecular complexity index is 921. The second kappa shape index (κ2) is 12.7. The van der Waals surface area contributed by atoms with Crippen molar-refractivity contribution in [2.75, 3.05) is 0 Å². The van der Waals surface area contributed by atoms with Crippen molar-refractivity contribution < 1.29 is 14.3 Å². The van der Waals surface area contributed by atoms with Crippen LogP contribution < -0.4 is 0 Å². The van der Waals surface area contributed by atoms with E-state index in [-0.39, 0.29) is 11.4 Å². The zero-order chi connectivity index (χ0) is 23.6. The van der Waals surface area contributed by atoms with Crippen molar-refractivity contribution in [3.05, 3.63) is 65.2 Å². The normalized spacial score (nSPS) is 18.9. The second-order valence-electron chi connectivity index (χ2n) is 9.60. The van der Waals surface area contributed by atoms with Crippen LogP contribution in [-0.4, -0.2) is 11.1 Å². The number of rotatable bonds is 11. The Kier molecular flexibility index (Phi) is 9.72. The van der Waals surface area contributed by atoms with Crippen molar-refractivity contribution in [2.45, 2.75) is 90.4 Å². The van der Waals surface area contributed by atoms with Crippen LogP contribution in [0.5, 0.6) is 0 Å². The van der Waals surface area contributed by atoms with E-state index in [1.54, 1.807) is 18.2 Å². The van der Waals surface area contributed by atoms with E-state index in [9.17, 15) is 14.3 Å². The SMILES string of the molecule is CCC/C=C(/F)c1ccc(C(=O)O)c(-c2ccc(C3CCC(CCCCCC)CC3)cc2)c1. The van der Waals surface area contributed by atoms with Gasteiger partial charge in [0.25, 0.3) is 0 Å². The summed E-state index contributed by atoms with van der Waals surface area (Å²) < 4.78 is 14.5. The van der Waals surface area contributed by atoms with Gasteiger partial charge in [0.05, 0.1) is 5.56 Å². The molecule has 178 valence electrons. The highest BCUT2D eigenvalue weighted by atomic mass is 19.1. The average molecular weight is 451 g/mol. The third-order valence-corrected chi connectivity index (χ3v) is 7.14. The molecule has 0 heterocycles. The molecule has 0 spiro atoms. The third-order valence-electron chi connectivity index (χ3n) is 7.14. The third kappa shape index (κ3) is 7.03. The monoisotopic (exact) mass is 450 g/mol. The van der Waals surface area contributed by atoms with Crippen molar-refractivity contribution in [3.8, 4) is 11.1 Å². The fourth-order valence-electron chi connectivity index (χ4n) is 5.09. The van der Waals surface area contributed by atoms with E-state index < -0.39 is 5.97 Å². The van der Waals surface area contributed by atoms with Gasteiger partial charge in [0.15, 0.2) is 0 Å². The van der Waals surface area contributed by atoms with E-state index in [1.807, 2.05) is 19.1 Å². The predicted molar refractivity (Wildman–Crippen MR) is 136 cm³/mol. The minimum atomic E-state index is -0.990. The number of benzene rings is 2. The van der Waals surface area contributed by atoms with E-state index in [2.05, 4.69) is 19.1 Å². The number of carboxylic acids is 1. The highest BCUT2D eigenvalue weighted by molar-refractivity contribution is 5.96. The molecule has 0 saturated heterocycles. The van der Waals surface area contributed by atoms with Gasteiger partial charge in [-0.3, -0.25) is 0 Å². The Labute approximate surface area is 198 Å². The molecule has 1 fully saturated rings. The van der Waals surface area contributed by atoms with Crippen molar-refractivity contribution >= 4 is 11.8 Å². The molecule has 0 bridgehead atoms. The fraction of sp³-hybridized carbons (Fsp3) is 0.500. The van der Waals surface area contributed by atoms with Gasteiger partial charge in [0.1, 0.15) is 5.83 Å². The summed E-state index contributed by atoms with van der Waals surface area (Å²) in [6.07, 6.45) is 15.0. The fourth-order valence-corrected chi connectivity index (χ4v) is 5.09. The van der Waals surface area contributed by atoms with Crippen LogP contribution in [0.1, 0.15) is 112 Å². The standard InChI is InChI=1S/C30H39FO2/c1-3-5-7-8-9-22-11-13-23(14-12-22)24-15-17-25(18-16-24)28-21-26(29(31)10-6-4-2)19-20-27(28)30(32)33/h10,15-23H,3-9,11-14H2,1-2H3,(H,32,33)/b29-10+. The first-order chi connectivity index (χ1) is 16.0. The zero-order valence-corrected chi connectivity index (χ0v) is 20.3. The largest absolute Gasteiger partial charge is 0.478 e. The second-order valence-corrected chi connectivity index (χ2v) is 9.60. The van der Waals surface area contributed by atoms with Gasteiger partial charge < -0.3 is 5.11 Å². The molecule has 1 saturated carbocycles. The van der Waals surface area contributed by atoms with E-state index >= 15 is 0 Å². The summed E-state index contributed by atoms with van der Waals surface area (Å²) in [4.78, 5) is 11.8. The highest BCUT2D eigenvalue weighted by Gasteiger charge is 2.22. The smallest absolute Gasteiger partial charge is 0.336 e. The Morgan fingerprint density at radius 3 is 2.33 bits per heavy atom. The molecule has 1 aliphatic rings. The molecule has 0 unspecified atom stereocenters. The van der Waals surface area contributed by atoms with Crippen LogP contribution in [0.15, 0.2) is 48.5 Å². The summed E-state index contributed by atoms with van der Waals surface area (Å²) >= 11 is 0. The highest BCUT2D eigenvalue weighted by Crippen LogP contribution is 2.38. The molecule has 0 radical (unpaired) electrons. The van der Waals surface area contributed by atoms with E-state index in [4.69, 9.17) is 0 Å². The topological polar surface area (TPSA) is 37.3 Å². The molecule has 3 heteroatoms. The summed E-state index contributed by atoms with van der Waals surface area (Å²) in [6.45, 7) is 4.27. The lowest BCUT2D eigenvalue weighted by molar-refractivity contribution is 0.0697. The van der Waals surface area contributed by atoms with E-state index in [0.717, 1.165) is 17.9 Å². The number of aromatic carboxylic acids is 1. The molecule has 0 atom stereocenters. The molecule has 3 rings (SSSR count). The van der Waals surface area contributed by atoms with Crippen molar-refractivity contribution in [1.29, 1.82) is 0 Å². The summed E-state index contributed by atoms with van der Waals surface area (Å²) in [6, 6.07) is 13.0. The summed E-state index contributed by atoms with van der Waals surface area (Å²) in [7, 11) is 0. The first kappa shape index (κ1) is 25.2. The number of allylic oxidation sites excluding steroid dienone is 1. The van der Waals surface area contributed by atoms with E-state index in [0.29, 0.717) is 23.5 Å². The van der Waals surface area contributed by atoms with Crippen LogP contribution in [0, 0.1) is 5.92 Å². The molecule has 2 nitrogen and oxygen atoms in total. The van der Waals surface area contributed by atoms with Crippen molar-refractivity contribution in [1.82, 2.24) is 0 Å². The number of carbonyl (C=O) groups is 1. The predicted octanol–water partition coefficient (Wildman–Crippen LogP) is 9.41. The molecule has 1 aliphatic carbocycles. The maximum Gasteiger partial charge on any atom is 0.336 e. The van der Waals surface area contributed by atoms with Gasteiger partial charge in [0.2, 0.25) is 0 Å². The summed E-state index contributed by atoms with van der Waals surface area (Å²) in [5.74, 6) is 0.188. The van der Waals surface area contributed by atoms with Gasteiger partial charge in [-0.25, -0.2) is 9.18 Å². The Hall–Kier alpha value is -2.42. The minimum Gasteiger partial charge on any atom is -0.478 e. The van der Waals surface area contributed by atoms with Crippen LogP contribution in [0.2, 0.25) is 0 Å². The molecule has 2 aromatic carbocycles. The zero-order valence-electron chi connectivity index (χ0n) is 20.3. The number of unbranched alkanes of at least 4 members (excludes halogenated alkanes) is 4. The molecular formula is C30H39FO2. The minimum absolute atomic E-state index is 0.207. The van der Waals surface area contributed by atoms with Crippen LogP contribution >= 0.6 is 0 Å². The summed E-state index contributed by atoms with van der Waals surface area (Å²) in [5.41, 5.74) is 3.38. The van der Waals surface area contributed by atoms with Gasteiger partial charge >= 0.3 is 5.97 Å². The molecule has 1 N–H and O–H groups in total. The lowest BCUT2D eigenvalue weighted by atomic mass is 9.77.